The van der Waals surface area contributed by atoms with E-state index in [0.717, 1.165) is 32.5 Å². The molecule has 10 heteroatoms. The summed E-state index contributed by atoms with van der Waals surface area (Å²) in [6.45, 7) is 9.02. The van der Waals surface area contributed by atoms with Gasteiger partial charge in [0.05, 0.1) is 6.20 Å². The Morgan fingerprint density at radius 2 is 2.27 bits per heavy atom. The highest BCUT2D eigenvalue weighted by atomic mass is 16.7. The Morgan fingerprint density at radius 3 is 3.00 bits per heavy atom. The van der Waals surface area contributed by atoms with Gasteiger partial charge in [0.25, 0.3) is 5.91 Å². The molecule has 164 valence electrons. The van der Waals surface area contributed by atoms with Gasteiger partial charge in [0.15, 0.2) is 5.60 Å². The van der Waals surface area contributed by atoms with Gasteiger partial charge in [0.1, 0.15) is 5.71 Å². The zero-order valence-electron chi connectivity index (χ0n) is 17.8. The molecule has 3 aliphatic rings. The van der Waals surface area contributed by atoms with Crippen molar-refractivity contribution < 1.29 is 14.4 Å². The van der Waals surface area contributed by atoms with Gasteiger partial charge in [-0.1, -0.05) is 5.16 Å². The molecule has 1 spiro atoms. The molecule has 2 fully saturated rings. The lowest BCUT2D eigenvalue weighted by molar-refractivity contribution is -0.114. The van der Waals surface area contributed by atoms with Crippen LogP contribution in [0.4, 0.5) is 4.79 Å². The molecule has 2 N–H and O–H groups in total. The fourth-order valence-electron chi connectivity index (χ4n) is 4.32. The highest BCUT2D eigenvalue weighted by Crippen LogP contribution is 2.34. The number of carbonyl (C=O) groups excluding carboxylic acids is 2. The summed E-state index contributed by atoms with van der Waals surface area (Å²) in [7, 11) is 0. The molecule has 1 aromatic heterocycles. The fraction of sp³-hybridized carbons (Fsp3) is 0.700. The van der Waals surface area contributed by atoms with Crippen molar-refractivity contribution in [1.29, 1.82) is 0 Å². The first-order valence-corrected chi connectivity index (χ1v) is 10.8. The van der Waals surface area contributed by atoms with Gasteiger partial charge in [-0.25, -0.2) is 4.79 Å². The number of carbonyl (C=O) groups is 2. The van der Waals surface area contributed by atoms with Crippen LogP contribution in [0.3, 0.4) is 0 Å². The van der Waals surface area contributed by atoms with Crippen molar-refractivity contribution in [3.63, 3.8) is 0 Å². The van der Waals surface area contributed by atoms with Crippen molar-refractivity contribution >= 4 is 17.6 Å². The first kappa shape index (κ1) is 20.6. The zero-order chi connectivity index (χ0) is 21.1. The van der Waals surface area contributed by atoms with Crippen LogP contribution in [0.2, 0.25) is 0 Å². The maximum Gasteiger partial charge on any atom is 0.317 e. The molecule has 1 atom stereocenters. The summed E-state index contributed by atoms with van der Waals surface area (Å²) in [5, 5.41) is 14.2. The lowest BCUT2D eigenvalue weighted by Crippen LogP contribution is -2.48. The van der Waals surface area contributed by atoms with Crippen LogP contribution in [0.15, 0.2) is 17.5 Å². The maximum atomic E-state index is 12.5. The largest absolute Gasteiger partial charge is 0.387 e. The molecule has 0 aliphatic carbocycles. The Hall–Kier alpha value is -2.62. The number of rotatable bonds is 7. The number of hydrogen-bond acceptors (Lipinski definition) is 6. The normalized spacial score (nSPS) is 24.3. The highest BCUT2D eigenvalue weighted by Gasteiger charge is 2.44. The molecular weight excluding hydrogens is 386 g/mol. The maximum absolute atomic E-state index is 12.5. The van der Waals surface area contributed by atoms with E-state index < -0.39 is 5.60 Å². The Kier molecular flexibility index (Phi) is 5.94. The van der Waals surface area contributed by atoms with E-state index in [1.807, 2.05) is 10.9 Å². The Bertz CT molecular complexity index is 821. The average Bonchev–Trinajstić information content (AvgIpc) is 3.43. The summed E-state index contributed by atoms with van der Waals surface area (Å²) >= 11 is 0. The zero-order valence-corrected chi connectivity index (χ0v) is 17.8. The SMILES string of the molecule is CC(C)n1cc(CN2CCC[C@]3(CC(C(=O)NCCN4CCNC4=O)=NO3)C2)cn1. The quantitative estimate of drug-likeness (QED) is 0.680. The van der Waals surface area contributed by atoms with Crippen LogP contribution in [0, 0.1) is 0 Å². The van der Waals surface area contributed by atoms with E-state index in [9.17, 15) is 9.59 Å². The summed E-state index contributed by atoms with van der Waals surface area (Å²) in [6, 6.07) is 0.268. The van der Waals surface area contributed by atoms with Crippen LogP contribution >= 0.6 is 0 Å². The number of hydrogen-bond donors (Lipinski definition) is 2. The molecule has 0 unspecified atom stereocenters. The molecule has 4 rings (SSSR count). The van der Waals surface area contributed by atoms with Gasteiger partial charge in [-0.3, -0.25) is 14.4 Å². The van der Waals surface area contributed by atoms with E-state index in [-0.39, 0.29) is 11.9 Å². The minimum atomic E-state index is -0.423. The monoisotopic (exact) mass is 417 g/mol. The minimum absolute atomic E-state index is 0.0778. The lowest BCUT2D eigenvalue weighted by Gasteiger charge is -2.38. The summed E-state index contributed by atoms with van der Waals surface area (Å²) < 4.78 is 1.97. The minimum Gasteiger partial charge on any atom is -0.387 e. The van der Waals surface area contributed by atoms with Crippen LogP contribution < -0.4 is 10.6 Å². The lowest BCUT2D eigenvalue weighted by atomic mass is 9.88. The second-order valence-corrected chi connectivity index (χ2v) is 8.70. The summed E-state index contributed by atoms with van der Waals surface area (Å²) in [5.74, 6) is -0.207. The van der Waals surface area contributed by atoms with E-state index in [0.29, 0.717) is 44.4 Å². The van der Waals surface area contributed by atoms with E-state index in [4.69, 9.17) is 4.84 Å². The fourth-order valence-corrected chi connectivity index (χ4v) is 4.32. The average molecular weight is 418 g/mol. The molecule has 0 radical (unpaired) electrons. The number of urea groups is 1. The third-order valence-corrected chi connectivity index (χ3v) is 5.92. The first-order chi connectivity index (χ1) is 14.4. The number of amides is 3. The van der Waals surface area contributed by atoms with Gasteiger partial charge in [0, 0.05) is 63.5 Å². The van der Waals surface area contributed by atoms with Gasteiger partial charge < -0.3 is 20.4 Å². The van der Waals surface area contributed by atoms with Crippen molar-refractivity contribution in [2.75, 3.05) is 39.3 Å². The van der Waals surface area contributed by atoms with Crippen molar-refractivity contribution in [3.8, 4) is 0 Å². The first-order valence-electron chi connectivity index (χ1n) is 10.8. The second kappa shape index (κ2) is 8.63. The smallest absolute Gasteiger partial charge is 0.317 e. The van der Waals surface area contributed by atoms with Crippen molar-refractivity contribution in [3.05, 3.63) is 18.0 Å². The van der Waals surface area contributed by atoms with Gasteiger partial charge in [0.2, 0.25) is 0 Å². The third kappa shape index (κ3) is 4.58. The van der Waals surface area contributed by atoms with E-state index in [2.05, 4.69) is 45.8 Å². The number of nitrogens with one attached hydrogen (secondary N) is 2. The van der Waals surface area contributed by atoms with Crippen molar-refractivity contribution in [1.82, 2.24) is 30.2 Å². The van der Waals surface area contributed by atoms with Crippen LogP contribution in [-0.4, -0.2) is 82.1 Å². The number of piperidine rings is 1. The molecule has 3 aliphatic heterocycles. The second-order valence-electron chi connectivity index (χ2n) is 8.70. The molecule has 0 bridgehead atoms. The van der Waals surface area contributed by atoms with E-state index in [1.54, 1.807) is 4.90 Å². The van der Waals surface area contributed by atoms with Gasteiger partial charge in [-0.2, -0.15) is 5.10 Å². The van der Waals surface area contributed by atoms with E-state index >= 15 is 0 Å². The van der Waals surface area contributed by atoms with Gasteiger partial charge in [-0.05, 0) is 33.2 Å². The Labute approximate surface area is 176 Å². The van der Waals surface area contributed by atoms with Gasteiger partial charge >= 0.3 is 6.03 Å². The molecule has 30 heavy (non-hydrogen) atoms. The summed E-state index contributed by atoms with van der Waals surface area (Å²) in [6.07, 6.45) is 6.44. The molecule has 0 aromatic carbocycles. The molecule has 10 nitrogen and oxygen atoms in total. The van der Waals surface area contributed by atoms with E-state index in [1.165, 1.54) is 5.56 Å². The topological polar surface area (TPSA) is 104 Å². The van der Waals surface area contributed by atoms with Crippen LogP contribution in [0.5, 0.6) is 0 Å². The Morgan fingerprint density at radius 1 is 1.40 bits per heavy atom. The van der Waals surface area contributed by atoms with Crippen LogP contribution in [-0.2, 0) is 16.2 Å². The summed E-state index contributed by atoms with van der Waals surface area (Å²) in [4.78, 5) is 33.9. The predicted molar refractivity (Wildman–Crippen MR) is 111 cm³/mol. The van der Waals surface area contributed by atoms with Crippen LogP contribution in [0.1, 0.15) is 44.7 Å². The third-order valence-electron chi connectivity index (χ3n) is 5.92. The molecule has 0 saturated carbocycles. The molecular formula is C20H31N7O3. The predicted octanol–water partition coefficient (Wildman–Crippen LogP) is 0.716. The highest BCUT2D eigenvalue weighted by molar-refractivity contribution is 6.39. The molecule has 2 saturated heterocycles. The summed E-state index contributed by atoms with van der Waals surface area (Å²) in [5.41, 5.74) is 1.20. The molecule has 4 heterocycles. The van der Waals surface area contributed by atoms with Crippen LogP contribution in [0.25, 0.3) is 0 Å². The van der Waals surface area contributed by atoms with Crippen molar-refractivity contribution in [2.24, 2.45) is 5.16 Å². The van der Waals surface area contributed by atoms with Crippen molar-refractivity contribution in [2.45, 2.75) is 51.3 Å². The van der Waals surface area contributed by atoms with Gasteiger partial charge in [-0.15, -0.1) is 0 Å². The number of aromatic nitrogens is 2. The standard InChI is InChI=1S/C20H31N7O3/c1-15(2)27-13-16(11-23-27)12-25-7-3-4-20(14-25)10-17(24-30-20)18(28)21-5-8-26-9-6-22-19(26)29/h11,13,15H,3-10,12,14H2,1-2H3,(H,21,28)(H,22,29)/t20-/m0/s1. The Balaban J connectivity index is 1.26. The number of nitrogens with zero attached hydrogens (tertiary/aromatic N) is 5. The molecule has 3 amide bonds. The number of likely N-dealkylation sites (tertiary alicyclic amines) is 1. The number of oxime groups is 1. The molecule has 1 aromatic rings.